The predicted octanol–water partition coefficient (Wildman–Crippen LogP) is 13.7. The molecule has 3 aliphatic rings. The molecular formula is C60H56BN3O2S. The molecular weight excluding hydrogens is 838 g/mol. The van der Waals surface area contributed by atoms with Crippen molar-refractivity contribution in [2.75, 3.05) is 0 Å². The molecule has 0 amide bonds. The number of phenolic OH excluding ortho intramolecular Hbond substituents is 2. The lowest BCUT2D eigenvalue weighted by Gasteiger charge is -2.24. The molecule has 0 unspecified atom stereocenters. The van der Waals surface area contributed by atoms with Crippen molar-refractivity contribution in [2.45, 2.75) is 85.5 Å². The highest BCUT2D eigenvalue weighted by molar-refractivity contribution is 7.80. The minimum Gasteiger partial charge on any atom is -0.507 e. The van der Waals surface area contributed by atoms with Crippen LogP contribution in [0.2, 0.25) is 0 Å². The lowest BCUT2D eigenvalue weighted by Crippen LogP contribution is -2.16. The van der Waals surface area contributed by atoms with E-state index in [-0.39, 0.29) is 11.5 Å². The van der Waals surface area contributed by atoms with Crippen molar-refractivity contribution >= 4 is 76.3 Å². The monoisotopic (exact) mass is 893 g/mol. The highest BCUT2D eigenvalue weighted by Gasteiger charge is 2.29. The number of aromatic hydroxyl groups is 2. The van der Waals surface area contributed by atoms with Crippen molar-refractivity contribution in [1.29, 1.82) is 0 Å². The third-order valence-electron chi connectivity index (χ3n) is 15.0. The molecule has 7 aromatic rings. The summed E-state index contributed by atoms with van der Waals surface area (Å²) < 4.78 is 2.52. The SMILES string of the molecule is Bc1c(C)c(S)c(C)c(C)c1-c1cc(-c2c(C)c(C)c(O)c(C)c2O)cc2c3ccccc3n(C3=CC4=C(CC3)Cc3cc(C(=C)/N=C(\N=C(/C)C5=CC=CCC5)c5ccccc5)ccc34)c12. The molecule has 0 atom stereocenters. The molecule has 5 nitrogen and oxygen atoms in total. The second kappa shape index (κ2) is 17.1. The summed E-state index contributed by atoms with van der Waals surface area (Å²) in [7, 11) is 2.21. The van der Waals surface area contributed by atoms with E-state index in [1.807, 2.05) is 32.0 Å². The minimum absolute atomic E-state index is 0.111. The van der Waals surface area contributed by atoms with Gasteiger partial charge in [0.05, 0.1) is 16.7 Å². The highest BCUT2D eigenvalue weighted by atomic mass is 32.1. The van der Waals surface area contributed by atoms with Crippen LogP contribution in [-0.4, -0.2) is 34.2 Å². The molecule has 1 heterocycles. The van der Waals surface area contributed by atoms with Gasteiger partial charge in [-0.25, -0.2) is 9.98 Å². The summed E-state index contributed by atoms with van der Waals surface area (Å²) in [6, 6.07) is 30.2. The Bertz CT molecular complexity index is 3450. The first-order valence-electron chi connectivity index (χ1n) is 23.4. The van der Waals surface area contributed by atoms with Gasteiger partial charge in [0.2, 0.25) is 0 Å². The van der Waals surface area contributed by atoms with E-state index >= 15 is 0 Å². The van der Waals surface area contributed by atoms with Crippen molar-refractivity contribution in [2.24, 2.45) is 9.98 Å². The molecule has 1 aromatic heterocycles. The fourth-order valence-corrected chi connectivity index (χ4v) is 11.1. The number of aliphatic imine (C=N–C) groups is 2. The van der Waals surface area contributed by atoms with Gasteiger partial charge in [-0.15, -0.1) is 12.6 Å². The first-order chi connectivity index (χ1) is 32.2. The highest BCUT2D eigenvalue weighted by Crippen LogP contribution is 2.49. The van der Waals surface area contributed by atoms with Crippen LogP contribution in [0.5, 0.6) is 11.5 Å². The first-order valence-corrected chi connectivity index (χ1v) is 23.9. The van der Waals surface area contributed by atoms with Gasteiger partial charge in [0.1, 0.15) is 19.3 Å². The largest absolute Gasteiger partial charge is 0.507 e. The van der Waals surface area contributed by atoms with Crippen LogP contribution in [0, 0.1) is 41.5 Å². The Balaban J connectivity index is 1.12. The van der Waals surface area contributed by atoms with Crippen LogP contribution in [0.15, 0.2) is 142 Å². The number of phenols is 2. The van der Waals surface area contributed by atoms with Crippen LogP contribution in [0.3, 0.4) is 0 Å². The average molecular weight is 894 g/mol. The fraction of sp³-hybridized carbons (Fsp3) is 0.200. The van der Waals surface area contributed by atoms with Crippen molar-refractivity contribution in [3.63, 3.8) is 0 Å². The van der Waals surface area contributed by atoms with Crippen LogP contribution in [0.4, 0.5) is 0 Å². The number of nitrogens with zero attached hydrogens (tertiary/aromatic N) is 3. The molecule has 0 radical (unpaired) electrons. The average Bonchev–Trinajstić information content (AvgIpc) is 3.89. The van der Waals surface area contributed by atoms with Gasteiger partial charge in [0, 0.05) is 49.3 Å². The normalized spacial score (nSPS) is 15.0. The van der Waals surface area contributed by atoms with Crippen molar-refractivity contribution in [3.8, 4) is 33.8 Å². The Morgan fingerprint density at radius 1 is 0.716 bits per heavy atom. The summed E-state index contributed by atoms with van der Waals surface area (Å²) in [5.74, 6) is 0.914. The molecule has 67 heavy (non-hydrogen) atoms. The van der Waals surface area contributed by atoms with E-state index in [1.54, 1.807) is 6.92 Å². The van der Waals surface area contributed by atoms with E-state index in [1.165, 1.54) is 50.1 Å². The zero-order chi connectivity index (χ0) is 47.0. The Kier molecular flexibility index (Phi) is 11.2. The molecule has 6 aromatic carbocycles. The molecule has 3 aliphatic carbocycles. The number of rotatable bonds is 7. The Morgan fingerprint density at radius 3 is 2.22 bits per heavy atom. The van der Waals surface area contributed by atoms with Gasteiger partial charge in [0.15, 0.2) is 5.84 Å². The molecule has 0 spiro atoms. The van der Waals surface area contributed by atoms with Crippen LogP contribution in [0.1, 0.15) is 88.2 Å². The maximum atomic E-state index is 11.8. The van der Waals surface area contributed by atoms with Gasteiger partial charge in [0.25, 0.3) is 0 Å². The van der Waals surface area contributed by atoms with Crippen molar-refractivity contribution in [3.05, 3.63) is 183 Å². The number of para-hydroxylation sites is 1. The van der Waals surface area contributed by atoms with Gasteiger partial charge in [-0.05, 0) is 178 Å². The lowest BCUT2D eigenvalue weighted by atomic mass is 9.78. The first kappa shape index (κ1) is 44.0. The standard InChI is InChI=1S/C60H56BN3O2S/c1-32-34(3)57(65)37(6)58(66)53(32)45-29-50-48-21-15-16-22-52(48)64(56(50)51(30-45)54-33(2)35(4)59(67)36(5)55(54)61)46-25-23-43-28-44-27-42(24-26-47(44)49(43)31-46)39(8)63-60(41-19-13-10-14-20-41)62-38(7)40-17-11-9-12-18-40/h9-11,13-17,19-22,24,26-27,29-31,65-67H,8,12,18,23,25,28,61H2,1-7H3/b62-38+,63-60-. The molecule has 0 saturated heterocycles. The molecule has 0 aliphatic heterocycles. The van der Waals surface area contributed by atoms with Gasteiger partial charge in [-0.1, -0.05) is 96.5 Å². The third kappa shape index (κ3) is 7.35. The lowest BCUT2D eigenvalue weighted by molar-refractivity contribution is 0.441. The summed E-state index contributed by atoms with van der Waals surface area (Å²) in [5, 5.41) is 25.1. The van der Waals surface area contributed by atoms with E-state index in [2.05, 4.69) is 138 Å². The molecule has 0 fully saturated rings. The second-order valence-corrected chi connectivity index (χ2v) is 19.2. The predicted molar refractivity (Wildman–Crippen MR) is 290 cm³/mol. The Labute approximate surface area is 400 Å². The molecule has 7 heteroatoms. The van der Waals surface area contributed by atoms with E-state index in [0.717, 1.165) is 115 Å². The number of hydrogen-bond donors (Lipinski definition) is 3. The van der Waals surface area contributed by atoms with E-state index in [9.17, 15) is 10.2 Å². The number of fused-ring (bicyclic) bond motifs is 5. The van der Waals surface area contributed by atoms with Gasteiger partial charge in [-0.2, -0.15) is 0 Å². The maximum absolute atomic E-state index is 11.8. The number of thiol groups is 1. The summed E-state index contributed by atoms with van der Waals surface area (Å²) in [6.45, 7) is 18.8. The molecule has 0 saturated carbocycles. The van der Waals surface area contributed by atoms with E-state index in [4.69, 9.17) is 22.6 Å². The number of hydrogen-bond acceptors (Lipinski definition) is 4. The number of benzene rings is 6. The van der Waals surface area contributed by atoms with E-state index in [0.29, 0.717) is 17.1 Å². The van der Waals surface area contributed by atoms with Crippen LogP contribution >= 0.6 is 12.6 Å². The molecule has 2 N–H and O–H groups in total. The zero-order valence-corrected chi connectivity index (χ0v) is 40.7. The van der Waals surface area contributed by atoms with Gasteiger partial charge >= 0.3 is 0 Å². The fourth-order valence-electron chi connectivity index (χ4n) is 10.8. The minimum atomic E-state index is 0.111. The number of amidine groups is 1. The van der Waals surface area contributed by atoms with Gasteiger partial charge < -0.3 is 14.8 Å². The summed E-state index contributed by atoms with van der Waals surface area (Å²) in [4.78, 5) is 11.2. The quantitative estimate of drug-likeness (QED) is 0.0646. The van der Waals surface area contributed by atoms with Crippen molar-refractivity contribution < 1.29 is 10.2 Å². The van der Waals surface area contributed by atoms with Crippen LogP contribution in [0.25, 0.3) is 61.0 Å². The summed E-state index contributed by atoms with van der Waals surface area (Å²) >= 11 is 5.00. The number of aromatic nitrogens is 1. The maximum Gasteiger partial charge on any atom is 0.159 e. The Morgan fingerprint density at radius 2 is 1.46 bits per heavy atom. The topological polar surface area (TPSA) is 70.1 Å². The third-order valence-corrected chi connectivity index (χ3v) is 15.6. The summed E-state index contributed by atoms with van der Waals surface area (Å²) in [5.41, 5.74) is 24.5. The summed E-state index contributed by atoms with van der Waals surface area (Å²) in [6.07, 6.45) is 13.6. The molecule has 332 valence electrons. The Hall–Kier alpha value is -6.83. The second-order valence-electron chi connectivity index (χ2n) is 18.7. The molecule has 10 rings (SSSR count). The van der Waals surface area contributed by atoms with Gasteiger partial charge in [-0.3, -0.25) is 0 Å². The molecule has 0 bridgehead atoms. The van der Waals surface area contributed by atoms with Crippen LogP contribution in [-0.2, 0) is 6.42 Å². The number of allylic oxidation sites excluding steroid dienone is 8. The van der Waals surface area contributed by atoms with E-state index < -0.39 is 0 Å². The van der Waals surface area contributed by atoms with Crippen molar-refractivity contribution in [1.82, 2.24) is 4.57 Å². The van der Waals surface area contributed by atoms with Crippen LogP contribution < -0.4 is 5.46 Å². The zero-order valence-electron chi connectivity index (χ0n) is 39.8. The smallest absolute Gasteiger partial charge is 0.159 e.